The van der Waals surface area contributed by atoms with Crippen molar-refractivity contribution in [1.82, 2.24) is 19.6 Å². The third-order valence-corrected chi connectivity index (χ3v) is 8.93. The maximum Gasteiger partial charge on any atom is 0.337 e. The second kappa shape index (κ2) is 14.2. The van der Waals surface area contributed by atoms with Gasteiger partial charge in [0.15, 0.2) is 0 Å². The molecule has 1 amide bonds. The van der Waals surface area contributed by atoms with Crippen LogP contribution >= 0.6 is 0 Å². The molecule has 3 aromatic carbocycles. The number of aromatic hydroxyl groups is 1. The van der Waals surface area contributed by atoms with Crippen LogP contribution in [0.1, 0.15) is 57.3 Å². The molecule has 0 aliphatic carbocycles. The number of hydrogen-bond acceptors (Lipinski definition) is 7. The fourth-order valence-corrected chi connectivity index (χ4v) is 6.53. The number of phenolic OH excluding ortho intramolecular Hbond substituents is 1. The average molecular weight is 597 g/mol. The third-order valence-electron chi connectivity index (χ3n) is 8.93. The predicted octanol–water partition coefficient (Wildman–Crippen LogP) is 4.81. The molecule has 3 aromatic rings. The molecule has 0 saturated carbocycles. The summed E-state index contributed by atoms with van der Waals surface area (Å²) in [5.74, 6) is -0.0556. The molecule has 3 atom stereocenters. The monoisotopic (exact) mass is 596 g/mol. The van der Waals surface area contributed by atoms with Crippen LogP contribution < -0.4 is 0 Å². The summed E-state index contributed by atoms with van der Waals surface area (Å²) in [5.41, 5.74) is 4.41. The molecule has 44 heavy (non-hydrogen) atoms. The number of carbonyl (C=O) groups is 2. The highest BCUT2D eigenvalue weighted by Crippen LogP contribution is 2.35. The van der Waals surface area contributed by atoms with Crippen molar-refractivity contribution in [2.45, 2.75) is 38.5 Å². The summed E-state index contributed by atoms with van der Waals surface area (Å²) in [4.78, 5) is 34.7. The van der Waals surface area contributed by atoms with Gasteiger partial charge in [0.25, 0.3) is 5.91 Å². The molecule has 0 radical (unpaired) electrons. The Labute approximate surface area is 261 Å². The van der Waals surface area contributed by atoms with E-state index in [0.717, 1.165) is 56.0 Å². The molecule has 8 heteroatoms. The van der Waals surface area contributed by atoms with Crippen molar-refractivity contribution in [3.8, 4) is 5.75 Å². The first-order chi connectivity index (χ1) is 21.3. The topological polar surface area (TPSA) is 76.6 Å². The molecule has 8 nitrogen and oxygen atoms in total. The largest absolute Gasteiger partial charge is 0.508 e. The summed E-state index contributed by atoms with van der Waals surface area (Å²) in [5, 5.41) is 10.4. The van der Waals surface area contributed by atoms with Crippen LogP contribution in [0, 0.1) is 0 Å². The molecule has 2 saturated heterocycles. The van der Waals surface area contributed by atoms with Crippen LogP contribution in [-0.2, 0) is 11.3 Å². The Morgan fingerprint density at radius 1 is 0.909 bits per heavy atom. The minimum absolute atomic E-state index is 0.0424. The number of esters is 1. The Balaban J connectivity index is 1.30. The number of rotatable bonds is 9. The first kappa shape index (κ1) is 31.4. The summed E-state index contributed by atoms with van der Waals surface area (Å²) in [6.07, 6.45) is 1.96. The van der Waals surface area contributed by atoms with Crippen LogP contribution in [0.3, 0.4) is 0 Å². The van der Waals surface area contributed by atoms with Crippen LogP contribution in [0.2, 0.25) is 0 Å². The number of nitrogens with zero attached hydrogens (tertiary/aromatic N) is 4. The molecule has 0 spiro atoms. The number of hydrogen-bond donors (Lipinski definition) is 1. The summed E-state index contributed by atoms with van der Waals surface area (Å²) in [6, 6.07) is 23.5. The number of phenols is 1. The average Bonchev–Trinajstić information content (AvgIpc) is 3.04. The zero-order valence-electron chi connectivity index (χ0n) is 26.1. The predicted molar refractivity (Wildman–Crippen MR) is 173 cm³/mol. The van der Waals surface area contributed by atoms with E-state index in [1.165, 1.54) is 7.11 Å². The third kappa shape index (κ3) is 7.21. The van der Waals surface area contributed by atoms with E-state index < -0.39 is 0 Å². The summed E-state index contributed by atoms with van der Waals surface area (Å²) < 4.78 is 4.79. The van der Waals surface area contributed by atoms with Crippen molar-refractivity contribution in [2.24, 2.45) is 0 Å². The van der Waals surface area contributed by atoms with Gasteiger partial charge in [0.05, 0.1) is 18.7 Å². The summed E-state index contributed by atoms with van der Waals surface area (Å²) in [7, 11) is 1.38. The maximum absolute atomic E-state index is 13.8. The lowest BCUT2D eigenvalue weighted by molar-refractivity contribution is 0.0306. The van der Waals surface area contributed by atoms with Crippen LogP contribution in [0.25, 0.3) is 0 Å². The Morgan fingerprint density at radius 2 is 1.59 bits per heavy atom. The van der Waals surface area contributed by atoms with Crippen molar-refractivity contribution >= 4 is 11.9 Å². The Morgan fingerprint density at radius 3 is 2.25 bits per heavy atom. The van der Waals surface area contributed by atoms with Gasteiger partial charge in [0.2, 0.25) is 0 Å². The van der Waals surface area contributed by atoms with Crippen LogP contribution in [0.4, 0.5) is 0 Å². The lowest BCUT2D eigenvalue weighted by Gasteiger charge is -2.47. The summed E-state index contributed by atoms with van der Waals surface area (Å²) >= 11 is 0. The number of carbonyl (C=O) groups excluding carboxylic acids is 2. The van der Waals surface area contributed by atoms with E-state index in [0.29, 0.717) is 30.3 Å². The maximum atomic E-state index is 13.8. The van der Waals surface area contributed by atoms with Gasteiger partial charge < -0.3 is 14.7 Å². The van der Waals surface area contributed by atoms with Gasteiger partial charge in [-0.05, 0) is 66.9 Å². The molecule has 2 heterocycles. The van der Waals surface area contributed by atoms with E-state index in [1.807, 2.05) is 53.4 Å². The van der Waals surface area contributed by atoms with Gasteiger partial charge in [-0.1, -0.05) is 42.5 Å². The molecule has 1 N–H and O–H groups in total. The molecule has 0 unspecified atom stereocenters. The minimum Gasteiger partial charge on any atom is -0.508 e. The SMILES string of the molecule is C=CCN1C[C@H](C)N([C@@H](c2cccc(O)c2)c2cccc(C(=O)N3CCN(Cc4ccc(C(=O)OC)cc4)CC3)c2)C[C@H]1C. The van der Waals surface area contributed by atoms with Gasteiger partial charge in [-0.25, -0.2) is 4.79 Å². The normalized spacial score (nSPS) is 20.7. The van der Waals surface area contributed by atoms with Gasteiger partial charge in [-0.2, -0.15) is 0 Å². The zero-order valence-corrected chi connectivity index (χ0v) is 26.1. The van der Waals surface area contributed by atoms with Crippen LogP contribution in [0.5, 0.6) is 5.75 Å². The molecule has 2 fully saturated rings. The van der Waals surface area contributed by atoms with E-state index in [2.05, 4.69) is 47.3 Å². The Bertz CT molecular complexity index is 1450. The van der Waals surface area contributed by atoms with E-state index in [1.54, 1.807) is 18.2 Å². The highest BCUT2D eigenvalue weighted by Gasteiger charge is 2.35. The van der Waals surface area contributed by atoms with E-state index >= 15 is 0 Å². The Hall–Kier alpha value is -3.98. The van der Waals surface area contributed by atoms with Gasteiger partial charge >= 0.3 is 5.97 Å². The molecule has 2 aliphatic rings. The fraction of sp³-hybridized carbons (Fsp3) is 0.389. The van der Waals surface area contributed by atoms with Gasteiger partial charge in [0.1, 0.15) is 5.75 Å². The van der Waals surface area contributed by atoms with Crippen molar-refractivity contribution < 1.29 is 19.4 Å². The standard InChI is InChI=1S/C36H44N4O4/c1-5-16-39-23-27(3)40(24-26(39)2)34(31-9-7-11-33(41)22-31)30-8-6-10-32(21-30)35(42)38-19-17-37(18-20-38)25-28-12-14-29(15-13-28)36(43)44-4/h5-15,21-22,26-27,34,41H,1,16-20,23-25H2,2-4H3/t26-,27+,34-/m1/s1. The second-order valence-corrected chi connectivity index (χ2v) is 12.0. The smallest absolute Gasteiger partial charge is 0.337 e. The lowest BCUT2D eigenvalue weighted by Crippen LogP contribution is -2.57. The van der Waals surface area contributed by atoms with Crippen molar-refractivity contribution in [1.29, 1.82) is 0 Å². The van der Waals surface area contributed by atoms with Crippen molar-refractivity contribution in [3.05, 3.63) is 113 Å². The number of benzene rings is 3. The number of ether oxygens (including phenoxy) is 1. The molecule has 5 rings (SSSR count). The number of piperazine rings is 2. The molecule has 0 aromatic heterocycles. The quantitative estimate of drug-likeness (QED) is 0.281. The molecular formula is C36H44N4O4. The minimum atomic E-state index is -0.337. The summed E-state index contributed by atoms with van der Waals surface area (Å²) in [6.45, 7) is 14.7. The van der Waals surface area contributed by atoms with E-state index in [4.69, 9.17) is 4.74 Å². The Kier molecular flexibility index (Phi) is 10.1. The number of methoxy groups -OCH3 is 1. The van der Waals surface area contributed by atoms with E-state index in [9.17, 15) is 14.7 Å². The molecule has 232 valence electrons. The second-order valence-electron chi connectivity index (χ2n) is 12.0. The zero-order chi connectivity index (χ0) is 31.2. The van der Waals surface area contributed by atoms with Crippen molar-refractivity contribution in [3.63, 3.8) is 0 Å². The molecule has 0 bridgehead atoms. The molecule has 2 aliphatic heterocycles. The first-order valence-corrected chi connectivity index (χ1v) is 15.5. The highest BCUT2D eigenvalue weighted by atomic mass is 16.5. The first-order valence-electron chi connectivity index (χ1n) is 15.5. The highest BCUT2D eigenvalue weighted by molar-refractivity contribution is 5.94. The van der Waals surface area contributed by atoms with Gasteiger partial charge in [0, 0.05) is 70.0 Å². The van der Waals surface area contributed by atoms with E-state index in [-0.39, 0.29) is 29.7 Å². The van der Waals surface area contributed by atoms with Crippen LogP contribution in [-0.4, -0.2) is 102 Å². The van der Waals surface area contributed by atoms with Gasteiger partial charge in [-0.3, -0.25) is 19.5 Å². The van der Waals surface area contributed by atoms with Crippen LogP contribution in [0.15, 0.2) is 85.5 Å². The van der Waals surface area contributed by atoms with Crippen molar-refractivity contribution in [2.75, 3.05) is 52.9 Å². The van der Waals surface area contributed by atoms with Gasteiger partial charge in [-0.15, -0.1) is 6.58 Å². The number of amides is 1. The fourth-order valence-electron chi connectivity index (χ4n) is 6.53. The lowest BCUT2D eigenvalue weighted by atomic mass is 9.92. The molecular weight excluding hydrogens is 552 g/mol.